The molecule has 182 valence electrons. The number of benzene rings is 2. The summed E-state index contributed by atoms with van der Waals surface area (Å²) in [6.45, 7) is 1.34. The third-order valence-electron chi connectivity index (χ3n) is 6.13. The molecule has 2 N–H and O–H groups in total. The minimum absolute atomic E-state index is 0.212. The molecule has 0 saturated heterocycles. The summed E-state index contributed by atoms with van der Waals surface area (Å²) >= 11 is 1.62. The molecule has 1 aromatic heterocycles. The summed E-state index contributed by atoms with van der Waals surface area (Å²) in [5.74, 6) is -2.58. The molecule has 0 unspecified atom stereocenters. The number of amides is 3. The van der Waals surface area contributed by atoms with E-state index in [0.717, 1.165) is 53.3 Å². The maximum Gasteiger partial charge on any atom is 0.261 e. The van der Waals surface area contributed by atoms with Gasteiger partial charge < -0.3 is 5.32 Å². The Bertz CT molecular complexity index is 1210. The molecule has 35 heavy (non-hydrogen) atoms. The fraction of sp³-hybridized carbons (Fsp3) is 0.308. The topological polar surface area (TPSA) is 88.2 Å². The number of rotatable bonds is 6. The van der Waals surface area contributed by atoms with Crippen LogP contribution in [0.15, 0.2) is 48.7 Å². The summed E-state index contributed by atoms with van der Waals surface area (Å²) in [6.07, 6.45) is 5.94. The van der Waals surface area contributed by atoms with Crippen LogP contribution in [-0.4, -0.2) is 22.7 Å². The monoisotopic (exact) mass is 497 g/mol. The highest BCUT2D eigenvalue weighted by atomic mass is 32.1. The molecule has 1 fully saturated rings. The zero-order chi connectivity index (χ0) is 24.9. The molecular weight excluding hydrogens is 472 g/mol. The summed E-state index contributed by atoms with van der Waals surface area (Å²) in [4.78, 5) is 40.7. The van der Waals surface area contributed by atoms with Crippen LogP contribution in [0.4, 0.5) is 14.5 Å². The second-order valence-corrected chi connectivity index (χ2v) is 9.78. The number of halogens is 2. The molecule has 4 rings (SSSR count). The van der Waals surface area contributed by atoms with Gasteiger partial charge in [-0.3, -0.25) is 19.7 Å². The van der Waals surface area contributed by atoms with Crippen molar-refractivity contribution >= 4 is 34.7 Å². The molecule has 1 saturated carbocycles. The molecule has 1 heterocycles. The number of hydrogen-bond acceptors (Lipinski definition) is 5. The van der Waals surface area contributed by atoms with Crippen molar-refractivity contribution < 1.29 is 23.2 Å². The van der Waals surface area contributed by atoms with Crippen LogP contribution in [0.5, 0.6) is 0 Å². The molecule has 0 aliphatic heterocycles. The third-order valence-corrected chi connectivity index (χ3v) is 7.34. The van der Waals surface area contributed by atoms with E-state index in [-0.39, 0.29) is 17.7 Å². The van der Waals surface area contributed by atoms with Crippen molar-refractivity contribution in [2.24, 2.45) is 5.92 Å². The Labute approximate surface area is 205 Å². The van der Waals surface area contributed by atoms with Gasteiger partial charge in [0.15, 0.2) is 0 Å². The average molecular weight is 498 g/mol. The van der Waals surface area contributed by atoms with Gasteiger partial charge in [-0.15, -0.1) is 11.3 Å². The van der Waals surface area contributed by atoms with Crippen LogP contribution in [0.1, 0.15) is 60.3 Å². The number of nitrogens with one attached hydrogen (secondary N) is 2. The van der Waals surface area contributed by atoms with Gasteiger partial charge in [0.25, 0.3) is 5.91 Å². The van der Waals surface area contributed by atoms with E-state index in [1.165, 1.54) is 13.0 Å². The van der Waals surface area contributed by atoms with Gasteiger partial charge in [-0.25, -0.2) is 13.8 Å². The Morgan fingerprint density at radius 2 is 1.66 bits per heavy atom. The number of nitrogens with zero attached hydrogens (tertiary/aromatic N) is 1. The number of carbonyl (C=O) groups is 3. The molecule has 9 heteroatoms. The Hall–Kier alpha value is -3.46. The van der Waals surface area contributed by atoms with E-state index in [4.69, 9.17) is 0 Å². The minimum Gasteiger partial charge on any atom is -0.322 e. The maximum atomic E-state index is 13.8. The van der Waals surface area contributed by atoms with Crippen molar-refractivity contribution in [3.63, 3.8) is 0 Å². The molecule has 0 atom stereocenters. The van der Waals surface area contributed by atoms with E-state index in [1.807, 2.05) is 18.3 Å². The predicted molar refractivity (Wildman–Crippen MR) is 130 cm³/mol. The number of thiazole rings is 1. The van der Waals surface area contributed by atoms with Gasteiger partial charge in [-0.1, -0.05) is 18.2 Å². The van der Waals surface area contributed by atoms with Crippen molar-refractivity contribution in [2.75, 3.05) is 5.32 Å². The van der Waals surface area contributed by atoms with Gasteiger partial charge in [0, 0.05) is 31.1 Å². The number of aromatic nitrogens is 1. The summed E-state index contributed by atoms with van der Waals surface area (Å²) in [7, 11) is 0. The smallest absolute Gasteiger partial charge is 0.261 e. The molecule has 3 amide bonds. The predicted octanol–water partition coefficient (Wildman–Crippen LogP) is 5.67. The van der Waals surface area contributed by atoms with E-state index >= 15 is 0 Å². The van der Waals surface area contributed by atoms with E-state index in [2.05, 4.69) is 15.6 Å². The molecule has 0 bridgehead atoms. The van der Waals surface area contributed by atoms with Gasteiger partial charge in [0.1, 0.15) is 17.2 Å². The summed E-state index contributed by atoms with van der Waals surface area (Å²) in [5.41, 5.74) is 0.745. The zero-order valence-corrected chi connectivity index (χ0v) is 20.0. The molecule has 1 aliphatic rings. The molecule has 6 nitrogen and oxygen atoms in total. The first-order chi connectivity index (χ1) is 16.8. The number of anilines is 1. The van der Waals surface area contributed by atoms with Crippen LogP contribution >= 0.6 is 11.3 Å². The quantitative estimate of drug-likeness (QED) is 0.460. The van der Waals surface area contributed by atoms with Crippen LogP contribution in [0.25, 0.3) is 10.4 Å². The highest BCUT2D eigenvalue weighted by Gasteiger charge is 2.26. The average Bonchev–Trinajstić information content (AvgIpc) is 3.30. The molecule has 2 aromatic carbocycles. The number of imide groups is 1. The summed E-state index contributed by atoms with van der Waals surface area (Å²) in [6, 6.07) is 10.3. The lowest BCUT2D eigenvalue weighted by Crippen LogP contribution is -2.30. The van der Waals surface area contributed by atoms with Gasteiger partial charge in [0.2, 0.25) is 11.8 Å². The second-order valence-electron chi connectivity index (χ2n) is 8.72. The van der Waals surface area contributed by atoms with Crippen LogP contribution < -0.4 is 10.6 Å². The first kappa shape index (κ1) is 24.7. The van der Waals surface area contributed by atoms with Crippen molar-refractivity contribution in [3.05, 3.63) is 70.9 Å². The van der Waals surface area contributed by atoms with Crippen molar-refractivity contribution in [3.8, 4) is 10.4 Å². The van der Waals surface area contributed by atoms with Gasteiger partial charge in [0.05, 0.1) is 9.88 Å². The highest BCUT2D eigenvalue weighted by molar-refractivity contribution is 7.15. The number of carbonyl (C=O) groups excluding carboxylic acids is 3. The summed E-state index contributed by atoms with van der Waals surface area (Å²) < 4.78 is 27.7. The van der Waals surface area contributed by atoms with Crippen LogP contribution in [0, 0.1) is 17.6 Å². The Morgan fingerprint density at radius 3 is 2.29 bits per heavy atom. The minimum atomic E-state index is -0.912. The van der Waals surface area contributed by atoms with E-state index < -0.39 is 23.1 Å². The lowest BCUT2D eigenvalue weighted by atomic mass is 9.80. The van der Waals surface area contributed by atoms with Crippen molar-refractivity contribution in [1.82, 2.24) is 10.3 Å². The Morgan fingerprint density at radius 1 is 1.00 bits per heavy atom. The fourth-order valence-corrected chi connectivity index (χ4v) is 5.45. The molecule has 3 aromatic rings. The van der Waals surface area contributed by atoms with Crippen LogP contribution in [0.3, 0.4) is 0 Å². The van der Waals surface area contributed by atoms with Gasteiger partial charge >= 0.3 is 0 Å². The first-order valence-corrected chi connectivity index (χ1v) is 12.2. The van der Waals surface area contributed by atoms with Crippen molar-refractivity contribution in [1.29, 1.82) is 0 Å². The van der Waals surface area contributed by atoms with Crippen molar-refractivity contribution in [2.45, 2.75) is 44.9 Å². The maximum absolute atomic E-state index is 13.8. The molecule has 1 aliphatic carbocycles. The lowest BCUT2D eigenvalue weighted by molar-refractivity contribution is -0.129. The molecule has 0 radical (unpaired) electrons. The Balaban J connectivity index is 1.34. The van der Waals surface area contributed by atoms with E-state index in [0.29, 0.717) is 18.0 Å². The van der Waals surface area contributed by atoms with E-state index in [1.54, 1.807) is 23.5 Å². The first-order valence-electron chi connectivity index (χ1n) is 11.4. The van der Waals surface area contributed by atoms with Gasteiger partial charge in [-0.2, -0.15) is 0 Å². The summed E-state index contributed by atoms with van der Waals surface area (Å²) in [5, 5.41) is 5.92. The highest BCUT2D eigenvalue weighted by Crippen LogP contribution is 2.40. The zero-order valence-electron chi connectivity index (χ0n) is 19.1. The van der Waals surface area contributed by atoms with E-state index in [9.17, 15) is 23.2 Å². The van der Waals surface area contributed by atoms with Crippen LogP contribution in [-0.2, 0) is 9.59 Å². The fourth-order valence-electron chi connectivity index (χ4n) is 4.36. The molecule has 0 spiro atoms. The Kier molecular flexibility index (Phi) is 7.65. The SMILES string of the molecule is CC(=O)NC(=O)CC1CCC(c2ncc(-c3ccc(NC(=O)c4c(F)cccc4F)cc3)s2)CC1. The molecular formula is C26H25F2N3O3S. The van der Waals surface area contributed by atoms with Crippen LogP contribution in [0.2, 0.25) is 0 Å². The standard InChI is InChI=1S/C26H25F2N3O3S/c1-15(32)30-23(33)13-16-5-7-18(8-6-16)26-29-14-22(35-26)17-9-11-19(12-10-17)31-25(34)24-20(27)3-2-4-21(24)28/h2-4,9-12,14,16,18H,5-8,13H2,1H3,(H,31,34)(H,30,32,33). The normalized spacial score (nSPS) is 17.6. The third kappa shape index (κ3) is 6.16. The second kappa shape index (κ2) is 10.9. The number of hydrogen-bond donors (Lipinski definition) is 2. The largest absolute Gasteiger partial charge is 0.322 e. The lowest BCUT2D eigenvalue weighted by Gasteiger charge is -2.26. The van der Waals surface area contributed by atoms with Gasteiger partial charge in [-0.05, 0) is 61.4 Å².